The van der Waals surface area contributed by atoms with Gasteiger partial charge in [-0.15, -0.1) is 0 Å². The van der Waals surface area contributed by atoms with E-state index in [9.17, 15) is 4.79 Å². The van der Waals surface area contributed by atoms with Crippen LogP contribution in [0.3, 0.4) is 0 Å². The average Bonchev–Trinajstić information content (AvgIpc) is 2.61. The van der Waals surface area contributed by atoms with Gasteiger partial charge in [0.1, 0.15) is 11.9 Å². The summed E-state index contributed by atoms with van der Waals surface area (Å²) < 4.78 is 7.40. The lowest BCUT2D eigenvalue weighted by atomic mass is 10.2. The first-order valence-corrected chi connectivity index (χ1v) is 4.94. The first kappa shape index (κ1) is 9.40. The number of hydrogen-bond acceptors (Lipinski definition) is 3. The Bertz CT molecular complexity index is 327. The van der Waals surface area contributed by atoms with Crippen molar-refractivity contribution in [3.8, 4) is 0 Å². The molecule has 0 radical (unpaired) electrons. The molecule has 0 bridgehead atoms. The fraction of sp³-hybridized carbons (Fsp3) is 0.600. The highest BCUT2D eigenvalue weighted by atomic mass is 16.5. The molecule has 0 spiro atoms. The smallest absolute Gasteiger partial charge is 0.170 e. The third-order valence-corrected chi connectivity index (χ3v) is 2.49. The molecule has 14 heavy (non-hydrogen) atoms. The molecule has 1 fully saturated rings. The maximum Gasteiger partial charge on any atom is 0.170 e. The molecule has 0 aliphatic carbocycles. The molecule has 0 aromatic carbocycles. The second-order valence-electron chi connectivity index (χ2n) is 3.59. The molecule has 0 N–H and O–H groups in total. The van der Waals surface area contributed by atoms with Crippen LogP contribution in [0, 0.1) is 6.92 Å². The van der Waals surface area contributed by atoms with Crippen molar-refractivity contribution in [3.05, 3.63) is 17.5 Å². The molecule has 2 rings (SSSR count). The van der Waals surface area contributed by atoms with Crippen molar-refractivity contribution in [2.75, 3.05) is 6.61 Å². The summed E-state index contributed by atoms with van der Waals surface area (Å²) in [5.41, 5.74) is 1.47. The van der Waals surface area contributed by atoms with Crippen molar-refractivity contribution in [1.82, 2.24) is 9.78 Å². The minimum Gasteiger partial charge on any atom is -0.357 e. The molecular formula is C10H14N2O2. The van der Waals surface area contributed by atoms with Crippen LogP contribution in [0.4, 0.5) is 0 Å². The van der Waals surface area contributed by atoms with Crippen LogP contribution in [0.2, 0.25) is 0 Å². The van der Waals surface area contributed by atoms with Gasteiger partial charge in [-0.3, -0.25) is 4.79 Å². The van der Waals surface area contributed by atoms with Gasteiger partial charge in [-0.1, -0.05) is 0 Å². The second kappa shape index (κ2) is 3.92. The maximum absolute atomic E-state index is 10.5. The fourth-order valence-electron chi connectivity index (χ4n) is 1.78. The Balaban J connectivity index is 2.20. The van der Waals surface area contributed by atoms with Crippen molar-refractivity contribution in [2.24, 2.45) is 0 Å². The second-order valence-corrected chi connectivity index (χ2v) is 3.59. The topological polar surface area (TPSA) is 44.1 Å². The van der Waals surface area contributed by atoms with Gasteiger partial charge in [0.05, 0.1) is 0 Å². The van der Waals surface area contributed by atoms with Crippen molar-refractivity contribution in [3.63, 3.8) is 0 Å². The highest BCUT2D eigenvalue weighted by Crippen LogP contribution is 2.23. The van der Waals surface area contributed by atoms with E-state index in [4.69, 9.17) is 4.74 Å². The van der Waals surface area contributed by atoms with Gasteiger partial charge in [-0.2, -0.15) is 5.10 Å². The number of hydrogen-bond donors (Lipinski definition) is 0. The van der Waals surface area contributed by atoms with Crippen molar-refractivity contribution in [1.29, 1.82) is 0 Å². The summed E-state index contributed by atoms with van der Waals surface area (Å²) in [6.07, 6.45) is 4.07. The molecular weight excluding hydrogens is 180 g/mol. The van der Waals surface area contributed by atoms with Crippen LogP contribution in [-0.2, 0) is 4.74 Å². The summed E-state index contributed by atoms with van der Waals surface area (Å²) in [5.74, 6) is 0. The van der Waals surface area contributed by atoms with E-state index in [-0.39, 0.29) is 6.23 Å². The highest BCUT2D eigenvalue weighted by molar-refractivity contribution is 5.71. The molecule has 2 heterocycles. The van der Waals surface area contributed by atoms with Gasteiger partial charge in [0, 0.05) is 12.3 Å². The fourth-order valence-corrected chi connectivity index (χ4v) is 1.78. The number of ether oxygens (including phenoxy) is 1. The van der Waals surface area contributed by atoms with Crippen LogP contribution in [0.1, 0.15) is 41.7 Å². The Morgan fingerprint density at radius 1 is 1.64 bits per heavy atom. The predicted molar refractivity (Wildman–Crippen MR) is 51.2 cm³/mol. The SMILES string of the molecule is Cc1cc(C=O)nn1C1CCCCO1. The van der Waals surface area contributed by atoms with Crippen molar-refractivity contribution in [2.45, 2.75) is 32.4 Å². The molecule has 1 aromatic rings. The molecule has 0 amide bonds. The number of carbonyl (C=O) groups is 1. The minimum absolute atomic E-state index is 0.0254. The molecule has 4 heteroatoms. The summed E-state index contributed by atoms with van der Waals surface area (Å²) >= 11 is 0. The first-order valence-electron chi connectivity index (χ1n) is 4.94. The molecule has 1 saturated heterocycles. The lowest BCUT2D eigenvalue weighted by Gasteiger charge is -2.23. The van der Waals surface area contributed by atoms with Crippen molar-refractivity contribution < 1.29 is 9.53 Å². The quantitative estimate of drug-likeness (QED) is 0.673. The standard InChI is InChI=1S/C10H14N2O2/c1-8-6-9(7-13)11-12(8)10-4-2-3-5-14-10/h6-7,10H,2-5H2,1H3. The molecule has 76 valence electrons. The number of aldehydes is 1. The first-order chi connectivity index (χ1) is 6.81. The Kier molecular flexibility index (Phi) is 2.63. The van der Waals surface area contributed by atoms with Gasteiger partial charge in [0.2, 0.25) is 0 Å². The summed E-state index contributed by atoms with van der Waals surface area (Å²) in [7, 11) is 0. The zero-order valence-corrected chi connectivity index (χ0v) is 8.27. The van der Waals surface area contributed by atoms with Crippen molar-refractivity contribution >= 4 is 6.29 Å². The van der Waals surface area contributed by atoms with Gasteiger partial charge in [0.15, 0.2) is 6.29 Å². The largest absolute Gasteiger partial charge is 0.357 e. The van der Waals surface area contributed by atoms with Gasteiger partial charge in [-0.25, -0.2) is 4.68 Å². The third-order valence-electron chi connectivity index (χ3n) is 2.49. The third kappa shape index (κ3) is 1.70. The average molecular weight is 194 g/mol. The molecule has 1 atom stereocenters. The molecule has 1 unspecified atom stereocenters. The van der Waals surface area contributed by atoms with Gasteiger partial charge >= 0.3 is 0 Å². The normalized spacial score (nSPS) is 22.2. The van der Waals surface area contributed by atoms with Crippen LogP contribution < -0.4 is 0 Å². The maximum atomic E-state index is 10.5. The zero-order chi connectivity index (χ0) is 9.97. The van der Waals surface area contributed by atoms with Gasteiger partial charge in [-0.05, 0) is 32.3 Å². The van der Waals surface area contributed by atoms with E-state index in [1.54, 1.807) is 6.07 Å². The molecule has 1 aromatic heterocycles. The highest BCUT2D eigenvalue weighted by Gasteiger charge is 2.18. The Hall–Kier alpha value is -1.16. The van der Waals surface area contributed by atoms with Crippen LogP contribution in [-0.4, -0.2) is 22.7 Å². The number of rotatable bonds is 2. The summed E-state index contributed by atoms with van der Waals surface area (Å²) in [6, 6.07) is 1.78. The summed E-state index contributed by atoms with van der Waals surface area (Å²) in [4.78, 5) is 10.5. The molecule has 0 saturated carbocycles. The van der Waals surface area contributed by atoms with Crippen LogP contribution >= 0.6 is 0 Å². The Morgan fingerprint density at radius 2 is 2.50 bits per heavy atom. The molecule has 4 nitrogen and oxygen atoms in total. The Labute approximate surface area is 82.9 Å². The van der Waals surface area contributed by atoms with Crippen LogP contribution in [0.5, 0.6) is 0 Å². The number of aromatic nitrogens is 2. The number of aryl methyl sites for hydroxylation is 1. The van der Waals surface area contributed by atoms with E-state index < -0.39 is 0 Å². The van der Waals surface area contributed by atoms with E-state index in [1.165, 1.54) is 6.42 Å². The van der Waals surface area contributed by atoms with E-state index >= 15 is 0 Å². The van der Waals surface area contributed by atoms with E-state index in [0.717, 1.165) is 31.4 Å². The molecule has 1 aliphatic rings. The van der Waals surface area contributed by atoms with Gasteiger partial charge < -0.3 is 4.74 Å². The lowest BCUT2D eigenvalue weighted by Crippen LogP contribution is -2.20. The van der Waals surface area contributed by atoms with E-state index in [2.05, 4.69) is 5.10 Å². The predicted octanol–water partition coefficient (Wildman–Crippen LogP) is 1.70. The van der Waals surface area contributed by atoms with E-state index in [1.807, 2.05) is 11.6 Å². The van der Waals surface area contributed by atoms with Crippen LogP contribution in [0.15, 0.2) is 6.07 Å². The number of nitrogens with zero attached hydrogens (tertiary/aromatic N) is 2. The monoisotopic (exact) mass is 194 g/mol. The minimum atomic E-state index is 0.0254. The summed E-state index contributed by atoms with van der Waals surface area (Å²) in [6.45, 7) is 2.73. The zero-order valence-electron chi connectivity index (χ0n) is 8.27. The van der Waals surface area contributed by atoms with Gasteiger partial charge in [0.25, 0.3) is 0 Å². The number of carbonyl (C=O) groups excluding carboxylic acids is 1. The lowest BCUT2D eigenvalue weighted by molar-refractivity contribution is -0.0407. The summed E-state index contributed by atoms with van der Waals surface area (Å²) in [5, 5.41) is 4.18. The Morgan fingerprint density at radius 3 is 3.07 bits per heavy atom. The van der Waals surface area contributed by atoms with Crippen LogP contribution in [0.25, 0.3) is 0 Å². The molecule has 1 aliphatic heterocycles. The van der Waals surface area contributed by atoms with E-state index in [0.29, 0.717) is 5.69 Å².